The first-order valence-electron chi connectivity index (χ1n) is 9.36. The van der Waals surface area contributed by atoms with Crippen LogP contribution in [0, 0.1) is 0 Å². The standard InChI is InChI=1S/C22H30N2O3/c1-5-27-21-12-8-19(9-13-21)16-24(3)17(2)22(25)23-15-14-18-6-10-20(26-4)11-7-18/h6-13,17H,5,14-16H2,1-4H3,(H,23,25). The molecule has 5 nitrogen and oxygen atoms in total. The molecule has 146 valence electrons. The summed E-state index contributed by atoms with van der Waals surface area (Å²) in [5, 5.41) is 3.02. The van der Waals surface area contributed by atoms with Gasteiger partial charge in [0.1, 0.15) is 11.5 Å². The molecule has 2 aromatic rings. The van der Waals surface area contributed by atoms with E-state index in [0.29, 0.717) is 19.7 Å². The number of hydrogen-bond acceptors (Lipinski definition) is 4. The number of amides is 1. The monoisotopic (exact) mass is 370 g/mol. The molecule has 0 aliphatic rings. The molecule has 27 heavy (non-hydrogen) atoms. The fourth-order valence-corrected chi connectivity index (χ4v) is 2.75. The summed E-state index contributed by atoms with van der Waals surface area (Å²) in [6.45, 7) is 5.88. The molecule has 1 unspecified atom stereocenters. The normalized spacial score (nSPS) is 11.9. The van der Waals surface area contributed by atoms with E-state index in [4.69, 9.17) is 9.47 Å². The summed E-state index contributed by atoms with van der Waals surface area (Å²) in [5.41, 5.74) is 2.32. The molecule has 0 spiro atoms. The van der Waals surface area contributed by atoms with Crippen molar-refractivity contribution in [3.63, 3.8) is 0 Å². The van der Waals surface area contributed by atoms with Gasteiger partial charge < -0.3 is 14.8 Å². The van der Waals surface area contributed by atoms with Gasteiger partial charge >= 0.3 is 0 Å². The Kier molecular flexibility index (Phi) is 8.14. The molecular weight excluding hydrogens is 340 g/mol. The number of methoxy groups -OCH3 is 1. The highest BCUT2D eigenvalue weighted by atomic mass is 16.5. The molecule has 1 amide bonds. The average molecular weight is 370 g/mol. The van der Waals surface area contributed by atoms with Crippen LogP contribution in [0.5, 0.6) is 11.5 Å². The molecular formula is C22H30N2O3. The summed E-state index contributed by atoms with van der Waals surface area (Å²) in [6, 6.07) is 15.7. The largest absolute Gasteiger partial charge is 0.497 e. The minimum atomic E-state index is -0.201. The molecule has 0 aliphatic heterocycles. The zero-order chi connectivity index (χ0) is 19.6. The molecule has 1 atom stereocenters. The summed E-state index contributed by atoms with van der Waals surface area (Å²) in [4.78, 5) is 14.5. The molecule has 0 saturated heterocycles. The Balaban J connectivity index is 1.77. The van der Waals surface area contributed by atoms with Crippen molar-refractivity contribution >= 4 is 5.91 Å². The predicted octanol–water partition coefficient (Wildman–Crippen LogP) is 3.27. The summed E-state index contributed by atoms with van der Waals surface area (Å²) < 4.78 is 10.6. The lowest BCUT2D eigenvalue weighted by atomic mass is 10.1. The van der Waals surface area contributed by atoms with Gasteiger partial charge in [-0.15, -0.1) is 0 Å². The van der Waals surface area contributed by atoms with Crippen molar-refractivity contribution in [3.8, 4) is 11.5 Å². The lowest BCUT2D eigenvalue weighted by Gasteiger charge is -2.24. The average Bonchev–Trinajstić information content (AvgIpc) is 2.69. The second-order valence-corrected chi connectivity index (χ2v) is 6.56. The Morgan fingerprint density at radius 3 is 2.22 bits per heavy atom. The molecule has 1 N–H and O–H groups in total. The van der Waals surface area contributed by atoms with E-state index < -0.39 is 0 Å². The number of carbonyl (C=O) groups excluding carboxylic acids is 1. The molecule has 5 heteroatoms. The van der Waals surface area contributed by atoms with Gasteiger partial charge in [-0.05, 0) is 62.7 Å². The van der Waals surface area contributed by atoms with Crippen LogP contribution in [0.25, 0.3) is 0 Å². The molecule has 0 saturated carbocycles. The van der Waals surface area contributed by atoms with Gasteiger partial charge in [0.05, 0.1) is 19.8 Å². The smallest absolute Gasteiger partial charge is 0.237 e. The molecule has 0 aromatic heterocycles. The third-order valence-electron chi connectivity index (χ3n) is 4.58. The van der Waals surface area contributed by atoms with Crippen molar-refractivity contribution in [2.75, 3.05) is 27.3 Å². The van der Waals surface area contributed by atoms with E-state index in [1.807, 2.05) is 74.3 Å². The molecule has 2 rings (SSSR count). The van der Waals surface area contributed by atoms with Crippen molar-refractivity contribution in [3.05, 3.63) is 59.7 Å². The fraction of sp³-hybridized carbons (Fsp3) is 0.409. The van der Waals surface area contributed by atoms with Crippen LogP contribution in [0.2, 0.25) is 0 Å². The van der Waals surface area contributed by atoms with Crippen LogP contribution in [-0.4, -0.2) is 44.2 Å². The summed E-state index contributed by atoms with van der Waals surface area (Å²) in [6.07, 6.45) is 0.797. The zero-order valence-corrected chi connectivity index (χ0v) is 16.7. The van der Waals surface area contributed by atoms with E-state index in [1.165, 1.54) is 5.56 Å². The lowest BCUT2D eigenvalue weighted by molar-refractivity contribution is -0.125. The van der Waals surface area contributed by atoms with Crippen molar-refractivity contribution < 1.29 is 14.3 Å². The zero-order valence-electron chi connectivity index (χ0n) is 16.7. The second-order valence-electron chi connectivity index (χ2n) is 6.56. The van der Waals surface area contributed by atoms with Gasteiger partial charge in [-0.1, -0.05) is 24.3 Å². The van der Waals surface area contributed by atoms with Crippen LogP contribution in [-0.2, 0) is 17.8 Å². The number of rotatable bonds is 10. The van der Waals surface area contributed by atoms with Crippen LogP contribution < -0.4 is 14.8 Å². The Hall–Kier alpha value is -2.53. The maximum absolute atomic E-state index is 12.4. The first-order valence-corrected chi connectivity index (χ1v) is 9.36. The van der Waals surface area contributed by atoms with Gasteiger partial charge in [0.2, 0.25) is 5.91 Å². The highest BCUT2D eigenvalue weighted by molar-refractivity contribution is 5.81. The van der Waals surface area contributed by atoms with Gasteiger partial charge in [0.15, 0.2) is 0 Å². The predicted molar refractivity (Wildman–Crippen MR) is 108 cm³/mol. The van der Waals surface area contributed by atoms with Crippen LogP contribution >= 0.6 is 0 Å². The minimum Gasteiger partial charge on any atom is -0.497 e. The highest BCUT2D eigenvalue weighted by Gasteiger charge is 2.17. The van der Waals surface area contributed by atoms with Crippen molar-refractivity contribution in [2.24, 2.45) is 0 Å². The van der Waals surface area contributed by atoms with Crippen LogP contribution in [0.15, 0.2) is 48.5 Å². The molecule has 0 heterocycles. The number of nitrogens with zero attached hydrogens (tertiary/aromatic N) is 1. The van der Waals surface area contributed by atoms with Crippen LogP contribution in [0.3, 0.4) is 0 Å². The first kappa shape index (κ1) is 20.8. The van der Waals surface area contributed by atoms with Gasteiger partial charge in [-0.3, -0.25) is 9.69 Å². The Morgan fingerprint density at radius 2 is 1.63 bits per heavy atom. The van der Waals surface area contributed by atoms with Crippen LogP contribution in [0.1, 0.15) is 25.0 Å². The quantitative estimate of drug-likeness (QED) is 0.697. The van der Waals surface area contributed by atoms with E-state index in [1.54, 1.807) is 7.11 Å². The third-order valence-corrected chi connectivity index (χ3v) is 4.58. The molecule has 0 aliphatic carbocycles. The van der Waals surface area contributed by atoms with E-state index in [2.05, 4.69) is 5.32 Å². The molecule has 2 aromatic carbocycles. The number of carbonyl (C=O) groups is 1. The summed E-state index contributed by atoms with van der Waals surface area (Å²) in [5.74, 6) is 1.75. The number of likely N-dealkylation sites (N-methyl/N-ethyl adjacent to an activating group) is 1. The van der Waals surface area contributed by atoms with E-state index in [9.17, 15) is 4.79 Å². The van der Waals surface area contributed by atoms with E-state index >= 15 is 0 Å². The SMILES string of the molecule is CCOc1ccc(CN(C)C(C)C(=O)NCCc2ccc(OC)cc2)cc1. The van der Waals surface area contributed by atoms with E-state index in [-0.39, 0.29) is 11.9 Å². The third kappa shape index (κ3) is 6.61. The summed E-state index contributed by atoms with van der Waals surface area (Å²) >= 11 is 0. The second kappa shape index (κ2) is 10.6. The molecule has 0 fully saturated rings. The van der Waals surface area contributed by atoms with Crippen molar-refractivity contribution in [1.29, 1.82) is 0 Å². The highest BCUT2D eigenvalue weighted by Crippen LogP contribution is 2.14. The fourth-order valence-electron chi connectivity index (χ4n) is 2.75. The van der Waals surface area contributed by atoms with Crippen molar-refractivity contribution in [1.82, 2.24) is 10.2 Å². The number of hydrogen-bond donors (Lipinski definition) is 1. The van der Waals surface area contributed by atoms with Crippen molar-refractivity contribution in [2.45, 2.75) is 32.9 Å². The summed E-state index contributed by atoms with van der Waals surface area (Å²) in [7, 11) is 3.62. The Labute approximate surface area is 162 Å². The minimum absolute atomic E-state index is 0.0388. The van der Waals surface area contributed by atoms with Gasteiger partial charge in [-0.2, -0.15) is 0 Å². The number of nitrogens with one attached hydrogen (secondary N) is 1. The topological polar surface area (TPSA) is 50.8 Å². The van der Waals surface area contributed by atoms with Crippen LogP contribution in [0.4, 0.5) is 0 Å². The Morgan fingerprint density at radius 1 is 1.04 bits per heavy atom. The van der Waals surface area contributed by atoms with E-state index in [0.717, 1.165) is 23.5 Å². The Bertz CT molecular complexity index is 699. The van der Waals surface area contributed by atoms with Gasteiger partial charge in [-0.25, -0.2) is 0 Å². The molecule has 0 bridgehead atoms. The first-order chi connectivity index (χ1) is 13.0. The van der Waals surface area contributed by atoms with Gasteiger partial charge in [0, 0.05) is 13.1 Å². The molecule has 0 radical (unpaired) electrons. The number of benzene rings is 2. The maximum atomic E-state index is 12.4. The lowest BCUT2D eigenvalue weighted by Crippen LogP contribution is -2.43. The van der Waals surface area contributed by atoms with Gasteiger partial charge in [0.25, 0.3) is 0 Å². The number of ether oxygens (including phenoxy) is 2. The maximum Gasteiger partial charge on any atom is 0.237 e.